The van der Waals surface area contributed by atoms with Crippen LogP contribution in [0.25, 0.3) is 0 Å². The number of rotatable bonds is 2. The van der Waals surface area contributed by atoms with E-state index < -0.39 is 0 Å². The first-order valence-electron chi connectivity index (χ1n) is 7.29. The van der Waals surface area contributed by atoms with Gasteiger partial charge in [-0.15, -0.1) is 0 Å². The third kappa shape index (κ3) is 2.98. The van der Waals surface area contributed by atoms with Crippen LogP contribution in [-0.2, 0) is 28.8 Å². The molecule has 0 bridgehead atoms. The molecule has 1 heterocycles. The zero-order chi connectivity index (χ0) is 13.1. The van der Waals surface area contributed by atoms with E-state index in [1.54, 1.807) is 0 Å². The van der Waals surface area contributed by atoms with Crippen LogP contribution < -0.4 is 0 Å². The average Bonchev–Trinajstić information content (AvgIpc) is 2.48. The van der Waals surface area contributed by atoms with Crippen LogP contribution >= 0.6 is 0 Å². The quantitative estimate of drug-likeness (QED) is 0.812. The lowest BCUT2D eigenvalue weighted by molar-refractivity contribution is -0.134. The van der Waals surface area contributed by atoms with Crippen molar-refractivity contribution >= 4 is 5.91 Å². The SMILES string of the molecule is O=C(Cc1ccc2c(c1)CCCC2)N1CCOCC1. The highest BCUT2D eigenvalue weighted by Crippen LogP contribution is 2.22. The van der Waals surface area contributed by atoms with Gasteiger partial charge in [0.05, 0.1) is 19.6 Å². The summed E-state index contributed by atoms with van der Waals surface area (Å²) >= 11 is 0. The first kappa shape index (κ1) is 12.7. The minimum Gasteiger partial charge on any atom is -0.378 e. The second-order valence-corrected chi connectivity index (χ2v) is 5.48. The summed E-state index contributed by atoms with van der Waals surface area (Å²) in [6.07, 6.45) is 5.50. The van der Waals surface area contributed by atoms with E-state index in [0.29, 0.717) is 19.6 Å². The number of benzene rings is 1. The number of fused-ring (bicyclic) bond motifs is 1. The molecule has 0 N–H and O–H groups in total. The van der Waals surface area contributed by atoms with Gasteiger partial charge in [-0.25, -0.2) is 0 Å². The minimum absolute atomic E-state index is 0.235. The van der Waals surface area contributed by atoms with Crippen molar-refractivity contribution in [3.8, 4) is 0 Å². The van der Waals surface area contributed by atoms with Gasteiger partial charge in [-0.05, 0) is 42.4 Å². The normalized spacial score (nSPS) is 19.1. The summed E-state index contributed by atoms with van der Waals surface area (Å²) in [5.41, 5.74) is 4.10. The van der Waals surface area contributed by atoms with Gasteiger partial charge in [0.25, 0.3) is 0 Å². The molecular formula is C16H21NO2. The second-order valence-electron chi connectivity index (χ2n) is 5.48. The van der Waals surface area contributed by atoms with E-state index >= 15 is 0 Å². The Kier molecular flexibility index (Phi) is 3.83. The monoisotopic (exact) mass is 259 g/mol. The highest BCUT2D eigenvalue weighted by atomic mass is 16.5. The molecule has 0 radical (unpaired) electrons. The summed E-state index contributed by atoms with van der Waals surface area (Å²) in [4.78, 5) is 14.1. The summed E-state index contributed by atoms with van der Waals surface area (Å²) in [5.74, 6) is 0.235. The number of hydrogen-bond donors (Lipinski definition) is 0. The average molecular weight is 259 g/mol. The van der Waals surface area contributed by atoms with E-state index in [1.807, 2.05) is 4.90 Å². The van der Waals surface area contributed by atoms with Crippen molar-refractivity contribution in [2.45, 2.75) is 32.1 Å². The van der Waals surface area contributed by atoms with E-state index in [2.05, 4.69) is 18.2 Å². The first-order valence-corrected chi connectivity index (χ1v) is 7.29. The number of ether oxygens (including phenoxy) is 1. The minimum atomic E-state index is 0.235. The smallest absolute Gasteiger partial charge is 0.227 e. The molecule has 1 aliphatic heterocycles. The third-order valence-corrected chi connectivity index (χ3v) is 4.13. The number of carbonyl (C=O) groups is 1. The van der Waals surface area contributed by atoms with Crippen molar-refractivity contribution in [3.63, 3.8) is 0 Å². The Morgan fingerprint density at radius 3 is 2.63 bits per heavy atom. The number of amides is 1. The number of hydrogen-bond acceptors (Lipinski definition) is 2. The first-order chi connectivity index (χ1) is 9.33. The molecule has 0 saturated carbocycles. The van der Waals surface area contributed by atoms with Crippen LogP contribution in [0.15, 0.2) is 18.2 Å². The molecule has 1 aromatic carbocycles. The highest BCUT2D eigenvalue weighted by Gasteiger charge is 2.17. The summed E-state index contributed by atoms with van der Waals surface area (Å²) < 4.78 is 5.28. The van der Waals surface area contributed by atoms with Gasteiger partial charge in [-0.1, -0.05) is 18.2 Å². The van der Waals surface area contributed by atoms with Crippen molar-refractivity contribution in [2.24, 2.45) is 0 Å². The fourth-order valence-electron chi connectivity index (χ4n) is 3.00. The van der Waals surface area contributed by atoms with Crippen LogP contribution in [0.2, 0.25) is 0 Å². The Labute approximate surface area is 114 Å². The number of carbonyl (C=O) groups excluding carboxylic acids is 1. The maximum atomic E-state index is 12.2. The van der Waals surface area contributed by atoms with Gasteiger partial charge < -0.3 is 9.64 Å². The van der Waals surface area contributed by atoms with Crippen molar-refractivity contribution in [3.05, 3.63) is 34.9 Å². The molecule has 0 unspecified atom stereocenters. The van der Waals surface area contributed by atoms with Crippen LogP contribution in [-0.4, -0.2) is 37.1 Å². The number of morpholine rings is 1. The van der Waals surface area contributed by atoms with Gasteiger partial charge in [-0.2, -0.15) is 0 Å². The Balaban J connectivity index is 1.67. The summed E-state index contributed by atoms with van der Waals surface area (Å²) in [6.45, 7) is 2.83. The topological polar surface area (TPSA) is 29.5 Å². The maximum absolute atomic E-state index is 12.2. The van der Waals surface area contributed by atoms with Crippen LogP contribution in [0.5, 0.6) is 0 Å². The van der Waals surface area contributed by atoms with Crippen LogP contribution in [0.4, 0.5) is 0 Å². The number of aryl methyl sites for hydroxylation is 2. The van der Waals surface area contributed by atoms with Crippen LogP contribution in [0.3, 0.4) is 0 Å². The maximum Gasteiger partial charge on any atom is 0.227 e. The van der Waals surface area contributed by atoms with Gasteiger partial charge in [-0.3, -0.25) is 4.79 Å². The lowest BCUT2D eigenvalue weighted by Crippen LogP contribution is -2.41. The molecule has 1 aromatic rings. The van der Waals surface area contributed by atoms with Crippen molar-refractivity contribution in [1.82, 2.24) is 4.90 Å². The van der Waals surface area contributed by atoms with E-state index in [0.717, 1.165) is 18.7 Å². The van der Waals surface area contributed by atoms with E-state index in [-0.39, 0.29) is 5.91 Å². The fraction of sp³-hybridized carbons (Fsp3) is 0.562. The molecule has 1 aliphatic carbocycles. The lowest BCUT2D eigenvalue weighted by Gasteiger charge is -2.27. The standard InChI is InChI=1S/C16H21NO2/c18-16(17-7-9-19-10-8-17)12-13-5-6-14-3-1-2-4-15(14)11-13/h5-6,11H,1-4,7-10,12H2. The van der Waals surface area contributed by atoms with Crippen LogP contribution in [0.1, 0.15) is 29.5 Å². The Morgan fingerprint density at radius 2 is 1.84 bits per heavy atom. The fourth-order valence-corrected chi connectivity index (χ4v) is 3.00. The Bertz CT molecular complexity index is 464. The summed E-state index contributed by atoms with van der Waals surface area (Å²) in [7, 11) is 0. The molecular weight excluding hydrogens is 238 g/mol. The van der Waals surface area contributed by atoms with Crippen molar-refractivity contribution < 1.29 is 9.53 Å². The molecule has 2 aliphatic rings. The van der Waals surface area contributed by atoms with E-state index in [9.17, 15) is 4.79 Å². The molecule has 1 fully saturated rings. The molecule has 0 atom stereocenters. The molecule has 1 amide bonds. The van der Waals surface area contributed by atoms with Gasteiger partial charge in [0, 0.05) is 13.1 Å². The van der Waals surface area contributed by atoms with Gasteiger partial charge in [0.2, 0.25) is 5.91 Å². The van der Waals surface area contributed by atoms with Gasteiger partial charge in [0.15, 0.2) is 0 Å². The molecule has 102 valence electrons. The molecule has 19 heavy (non-hydrogen) atoms. The summed E-state index contributed by atoms with van der Waals surface area (Å²) in [6, 6.07) is 6.59. The predicted molar refractivity (Wildman–Crippen MR) is 74.2 cm³/mol. The zero-order valence-electron chi connectivity index (χ0n) is 11.4. The molecule has 1 saturated heterocycles. The Morgan fingerprint density at radius 1 is 1.11 bits per heavy atom. The van der Waals surface area contributed by atoms with E-state index in [4.69, 9.17) is 4.74 Å². The molecule has 3 rings (SSSR count). The molecule has 3 nitrogen and oxygen atoms in total. The number of nitrogens with zero attached hydrogens (tertiary/aromatic N) is 1. The largest absolute Gasteiger partial charge is 0.378 e. The van der Waals surface area contributed by atoms with E-state index in [1.165, 1.54) is 36.8 Å². The summed E-state index contributed by atoms with van der Waals surface area (Å²) in [5, 5.41) is 0. The lowest BCUT2D eigenvalue weighted by atomic mass is 9.90. The molecule has 0 spiro atoms. The molecule has 3 heteroatoms. The molecule has 0 aromatic heterocycles. The van der Waals surface area contributed by atoms with Gasteiger partial charge in [0.1, 0.15) is 0 Å². The van der Waals surface area contributed by atoms with Crippen molar-refractivity contribution in [2.75, 3.05) is 26.3 Å². The second kappa shape index (κ2) is 5.74. The highest BCUT2D eigenvalue weighted by molar-refractivity contribution is 5.79. The Hall–Kier alpha value is -1.35. The third-order valence-electron chi connectivity index (χ3n) is 4.13. The van der Waals surface area contributed by atoms with Crippen molar-refractivity contribution in [1.29, 1.82) is 0 Å². The van der Waals surface area contributed by atoms with Crippen LogP contribution in [0, 0.1) is 0 Å². The van der Waals surface area contributed by atoms with Gasteiger partial charge >= 0.3 is 0 Å². The predicted octanol–water partition coefficient (Wildman–Crippen LogP) is 1.97. The zero-order valence-corrected chi connectivity index (χ0v) is 11.4.